The Bertz CT molecular complexity index is 773. The van der Waals surface area contributed by atoms with Gasteiger partial charge in [0.2, 0.25) is 5.91 Å². The highest BCUT2D eigenvalue weighted by atomic mass is 16.5. The van der Waals surface area contributed by atoms with Crippen molar-refractivity contribution in [2.75, 3.05) is 6.61 Å². The Labute approximate surface area is 166 Å². The van der Waals surface area contributed by atoms with Gasteiger partial charge in [-0.2, -0.15) is 5.10 Å². The van der Waals surface area contributed by atoms with Gasteiger partial charge in [0.25, 0.3) is 0 Å². The molecule has 4 aliphatic rings. The number of aromatic amines is 1. The van der Waals surface area contributed by atoms with Gasteiger partial charge in [-0.15, -0.1) is 0 Å². The maximum absolute atomic E-state index is 12.6. The minimum atomic E-state index is -0.334. The number of ether oxygens (including phenoxy) is 1. The normalized spacial score (nSPS) is 30.8. The standard InChI is InChI=1S/C22H31N3O3/c1-4-28-21(27)20-13(2)18(24-14(20)3)12-23-25-19(26)11-22-8-15-5-16(9-22)7-17(6-15)10-22/h12,15-17,24H,4-11H2,1-3H3,(H,25,26)/b23-12+. The zero-order valence-electron chi connectivity index (χ0n) is 17.1. The molecule has 0 spiro atoms. The number of hydrogen-bond donors (Lipinski definition) is 2. The van der Waals surface area contributed by atoms with E-state index >= 15 is 0 Å². The van der Waals surface area contributed by atoms with Crippen LogP contribution in [0.4, 0.5) is 0 Å². The lowest BCUT2D eigenvalue weighted by Crippen LogP contribution is -2.47. The largest absolute Gasteiger partial charge is 0.462 e. The Hall–Kier alpha value is -2.11. The number of hydrogen-bond acceptors (Lipinski definition) is 4. The Kier molecular flexibility index (Phi) is 5.06. The van der Waals surface area contributed by atoms with Crippen LogP contribution in [0.15, 0.2) is 5.10 Å². The minimum Gasteiger partial charge on any atom is -0.462 e. The molecule has 1 aromatic rings. The van der Waals surface area contributed by atoms with Crippen LogP contribution in [0, 0.1) is 37.0 Å². The summed E-state index contributed by atoms with van der Waals surface area (Å²) in [4.78, 5) is 27.8. The molecule has 6 heteroatoms. The number of carbonyl (C=O) groups excluding carboxylic acids is 2. The van der Waals surface area contributed by atoms with Crippen LogP contribution in [0.3, 0.4) is 0 Å². The Balaban J connectivity index is 1.37. The van der Waals surface area contributed by atoms with Crippen molar-refractivity contribution < 1.29 is 14.3 Å². The average molecular weight is 386 g/mol. The summed E-state index contributed by atoms with van der Waals surface area (Å²) in [5, 5.41) is 4.15. The van der Waals surface area contributed by atoms with Crippen LogP contribution in [-0.4, -0.2) is 29.7 Å². The number of H-pyrrole nitrogens is 1. The molecule has 2 N–H and O–H groups in total. The molecular formula is C22H31N3O3. The van der Waals surface area contributed by atoms with Crippen molar-refractivity contribution in [2.45, 2.75) is 65.7 Å². The highest BCUT2D eigenvalue weighted by Crippen LogP contribution is 2.61. The zero-order valence-corrected chi connectivity index (χ0v) is 17.1. The molecule has 4 saturated carbocycles. The first-order valence-electron chi connectivity index (χ1n) is 10.6. The second-order valence-corrected chi connectivity index (χ2v) is 9.27. The van der Waals surface area contributed by atoms with E-state index in [2.05, 4.69) is 15.5 Å². The molecule has 0 aliphatic heterocycles. The van der Waals surface area contributed by atoms with Gasteiger partial charge in [-0.1, -0.05) is 0 Å². The van der Waals surface area contributed by atoms with Crippen LogP contribution in [-0.2, 0) is 9.53 Å². The molecule has 0 aromatic carbocycles. The molecule has 0 saturated heterocycles. The molecule has 28 heavy (non-hydrogen) atoms. The molecule has 1 heterocycles. The smallest absolute Gasteiger partial charge is 0.340 e. The number of rotatable bonds is 6. The molecule has 5 rings (SSSR count). The van der Waals surface area contributed by atoms with Gasteiger partial charge < -0.3 is 9.72 Å². The van der Waals surface area contributed by atoms with Gasteiger partial charge >= 0.3 is 5.97 Å². The molecule has 4 fully saturated rings. The summed E-state index contributed by atoms with van der Waals surface area (Å²) < 4.78 is 5.11. The summed E-state index contributed by atoms with van der Waals surface area (Å²) >= 11 is 0. The molecule has 152 valence electrons. The Morgan fingerprint density at radius 3 is 2.36 bits per heavy atom. The van der Waals surface area contributed by atoms with E-state index in [1.54, 1.807) is 13.1 Å². The number of aryl methyl sites for hydroxylation is 1. The van der Waals surface area contributed by atoms with Gasteiger partial charge in [0.1, 0.15) is 0 Å². The molecule has 1 aromatic heterocycles. The van der Waals surface area contributed by atoms with Crippen LogP contribution < -0.4 is 5.43 Å². The van der Waals surface area contributed by atoms with Gasteiger partial charge in [0.15, 0.2) is 0 Å². The molecule has 0 atom stereocenters. The van der Waals surface area contributed by atoms with E-state index in [0.717, 1.165) is 34.7 Å². The van der Waals surface area contributed by atoms with Crippen molar-refractivity contribution in [3.05, 3.63) is 22.5 Å². The molecule has 1 amide bonds. The lowest BCUT2D eigenvalue weighted by Gasteiger charge is -2.56. The summed E-state index contributed by atoms with van der Waals surface area (Å²) in [7, 11) is 0. The van der Waals surface area contributed by atoms with Crippen molar-refractivity contribution in [2.24, 2.45) is 28.3 Å². The summed E-state index contributed by atoms with van der Waals surface area (Å²) in [6, 6.07) is 0. The Morgan fingerprint density at radius 1 is 1.18 bits per heavy atom. The van der Waals surface area contributed by atoms with Crippen molar-refractivity contribution in [1.82, 2.24) is 10.4 Å². The number of amides is 1. The van der Waals surface area contributed by atoms with Gasteiger partial charge in [-0.05, 0) is 88.0 Å². The van der Waals surface area contributed by atoms with E-state index in [1.807, 2.05) is 13.8 Å². The molecular weight excluding hydrogens is 354 g/mol. The highest BCUT2D eigenvalue weighted by molar-refractivity contribution is 5.96. The van der Waals surface area contributed by atoms with E-state index in [0.29, 0.717) is 18.6 Å². The third-order valence-electron chi connectivity index (χ3n) is 7.04. The van der Waals surface area contributed by atoms with Crippen LogP contribution >= 0.6 is 0 Å². The molecule has 0 unspecified atom stereocenters. The van der Waals surface area contributed by atoms with Crippen molar-refractivity contribution in [3.63, 3.8) is 0 Å². The SMILES string of the molecule is CCOC(=O)c1c(C)[nH]c(/C=N/NC(=O)CC23CC4CC(CC(C4)C2)C3)c1C. The molecule has 0 radical (unpaired) electrons. The molecule has 6 nitrogen and oxygen atoms in total. The highest BCUT2D eigenvalue weighted by Gasteiger charge is 2.51. The lowest BCUT2D eigenvalue weighted by atomic mass is 9.49. The second-order valence-electron chi connectivity index (χ2n) is 9.27. The fourth-order valence-corrected chi connectivity index (χ4v) is 6.47. The predicted octanol–water partition coefficient (Wildman–Crippen LogP) is 3.86. The van der Waals surface area contributed by atoms with Crippen LogP contribution in [0.5, 0.6) is 0 Å². The fraction of sp³-hybridized carbons (Fsp3) is 0.682. The van der Waals surface area contributed by atoms with Gasteiger partial charge in [-0.3, -0.25) is 4.79 Å². The van der Waals surface area contributed by atoms with Gasteiger partial charge in [0, 0.05) is 12.1 Å². The third-order valence-corrected chi connectivity index (χ3v) is 7.04. The number of nitrogens with one attached hydrogen (secondary N) is 2. The van der Waals surface area contributed by atoms with E-state index < -0.39 is 0 Å². The van der Waals surface area contributed by atoms with Crippen LogP contribution in [0.25, 0.3) is 0 Å². The first-order valence-corrected chi connectivity index (χ1v) is 10.6. The van der Waals surface area contributed by atoms with Crippen molar-refractivity contribution in [1.29, 1.82) is 0 Å². The molecule has 4 aliphatic carbocycles. The summed E-state index contributed by atoms with van der Waals surface area (Å²) in [5.74, 6) is 2.19. The van der Waals surface area contributed by atoms with Crippen LogP contribution in [0.2, 0.25) is 0 Å². The van der Waals surface area contributed by atoms with Gasteiger partial charge in [0.05, 0.1) is 24.1 Å². The lowest BCUT2D eigenvalue weighted by molar-refractivity contribution is -0.129. The maximum atomic E-state index is 12.6. The number of carbonyl (C=O) groups is 2. The van der Waals surface area contributed by atoms with Crippen molar-refractivity contribution >= 4 is 18.1 Å². The topological polar surface area (TPSA) is 83.6 Å². The molecule has 4 bridgehead atoms. The number of esters is 1. The summed E-state index contributed by atoms with van der Waals surface area (Å²) in [6.45, 7) is 5.82. The number of aromatic nitrogens is 1. The van der Waals surface area contributed by atoms with Crippen molar-refractivity contribution in [3.8, 4) is 0 Å². The Morgan fingerprint density at radius 2 is 1.79 bits per heavy atom. The third kappa shape index (κ3) is 3.61. The fourth-order valence-electron chi connectivity index (χ4n) is 6.47. The quantitative estimate of drug-likeness (QED) is 0.443. The zero-order chi connectivity index (χ0) is 19.9. The van der Waals surface area contributed by atoms with Gasteiger partial charge in [-0.25, -0.2) is 10.2 Å². The summed E-state index contributed by atoms with van der Waals surface area (Å²) in [5.41, 5.74) is 5.72. The number of nitrogens with zero attached hydrogens (tertiary/aromatic N) is 1. The second kappa shape index (κ2) is 7.37. The van der Waals surface area contributed by atoms with E-state index in [4.69, 9.17) is 4.74 Å². The number of hydrazone groups is 1. The van der Waals surface area contributed by atoms with E-state index in [1.165, 1.54) is 38.5 Å². The average Bonchev–Trinajstić information content (AvgIpc) is 2.87. The van der Waals surface area contributed by atoms with E-state index in [-0.39, 0.29) is 17.3 Å². The van der Waals surface area contributed by atoms with Crippen LogP contribution in [0.1, 0.15) is 79.2 Å². The summed E-state index contributed by atoms with van der Waals surface area (Å²) in [6.07, 6.45) is 9.97. The minimum absolute atomic E-state index is 0.00440. The predicted molar refractivity (Wildman–Crippen MR) is 107 cm³/mol. The maximum Gasteiger partial charge on any atom is 0.340 e. The first-order chi connectivity index (χ1) is 13.4. The van der Waals surface area contributed by atoms with E-state index in [9.17, 15) is 9.59 Å². The first kappa shape index (κ1) is 19.2. The monoisotopic (exact) mass is 385 g/mol.